The maximum absolute atomic E-state index is 11.5. The van der Waals surface area contributed by atoms with Gasteiger partial charge in [0.2, 0.25) is 5.43 Å². The monoisotopic (exact) mass is 303 g/mol. The normalized spacial score (nSPS) is 10.5. The number of hydrogen-bond donors (Lipinski definition) is 1. The Morgan fingerprint density at radius 3 is 2.50 bits per heavy atom. The van der Waals surface area contributed by atoms with Gasteiger partial charge in [0.25, 0.3) is 0 Å². The van der Waals surface area contributed by atoms with Crippen LogP contribution in [0.3, 0.4) is 0 Å². The number of pyridine rings is 1. The van der Waals surface area contributed by atoms with Gasteiger partial charge in [-0.05, 0) is 30.5 Å². The van der Waals surface area contributed by atoms with Crippen LogP contribution in [-0.4, -0.2) is 23.9 Å². The summed E-state index contributed by atoms with van der Waals surface area (Å²) in [6.45, 7) is 2.59. The Hall–Kier alpha value is -2.43. The molecule has 1 heterocycles. The molecule has 2 rings (SSSR count). The highest BCUT2D eigenvalue weighted by Gasteiger charge is 2.09. The zero-order valence-electron chi connectivity index (χ0n) is 13.1. The molecule has 0 aliphatic rings. The molecular weight excluding hydrogens is 282 g/mol. The van der Waals surface area contributed by atoms with E-state index in [4.69, 9.17) is 9.47 Å². The van der Waals surface area contributed by atoms with Gasteiger partial charge in [0.1, 0.15) is 0 Å². The van der Waals surface area contributed by atoms with E-state index in [0.717, 1.165) is 12.0 Å². The summed E-state index contributed by atoms with van der Waals surface area (Å²) >= 11 is 0. The van der Waals surface area contributed by atoms with Crippen molar-refractivity contribution in [2.45, 2.75) is 26.3 Å². The topological polar surface area (TPSA) is 60.7 Å². The Balaban J connectivity index is 2.20. The Morgan fingerprint density at radius 2 is 1.86 bits per heavy atom. The molecule has 0 saturated heterocycles. The highest BCUT2D eigenvalue weighted by Crippen LogP contribution is 2.27. The number of ether oxygens (including phenoxy) is 2. The average Bonchev–Trinajstić information content (AvgIpc) is 2.55. The summed E-state index contributed by atoms with van der Waals surface area (Å²) in [6.07, 6.45) is 3.09. The fourth-order valence-electron chi connectivity index (χ4n) is 2.47. The van der Waals surface area contributed by atoms with Gasteiger partial charge in [-0.3, -0.25) is 4.79 Å². The standard InChI is InChI=1S/C17H21NO4/c1-4-13-17(20)14(19)8-10-18(13)9-7-12-5-6-15(21-2)16(11-12)22-3/h5-6,8,10-11,20H,4,7,9H2,1-3H3. The molecule has 5 nitrogen and oxygen atoms in total. The van der Waals surface area contributed by atoms with E-state index < -0.39 is 0 Å². The van der Waals surface area contributed by atoms with Crippen LogP contribution >= 0.6 is 0 Å². The van der Waals surface area contributed by atoms with Crippen LogP contribution in [0.5, 0.6) is 17.2 Å². The van der Waals surface area contributed by atoms with Crippen molar-refractivity contribution in [2.24, 2.45) is 0 Å². The van der Waals surface area contributed by atoms with Gasteiger partial charge in [-0.2, -0.15) is 0 Å². The van der Waals surface area contributed by atoms with E-state index in [2.05, 4.69) is 0 Å². The molecule has 1 aromatic heterocycles. The molecule has 0 saturated carbocycles. The van der Waals surface area contributed by atoms with Gasteiger partial charge in [0.15, 0.2) is 17.2 Å². The third-order valence-corrected chi connectivity index (χ3v) is 3.68. The summed E-state index contributed by atoms with van der Waals surface area (Å²) in [5.41, 5.74) is 1.42. The van der Waals surface area contributed by atoms with Crippen LogP contribution in [-0.2, 0) is 19.4 Å². The van der Waals surface area contributed by atoms with E-state index in [1.165, 1.54) is 6.07 Å². The summed E-state index contributed by atoms with van der Waals surface area (Å²) < 4.78 is 12.4. The fraction of sp³-hybridized carbons (Fsp3) is 0.353. The molecule has 0 aliphatic heterocycles. The molecule has 0 amide bonds. The molecule has 22 heavy (non-hydrogen) atoms. The molecule has 0 atom stereocenters. The van der Waals surface area contributed by atoms with E-state index in [-0.39, 0.29) is 11.2 Å². The molecule has 0 aliphatic carbocycles. The third kappa shape index (κ3) is 3.24. The molecule has 0 spiro atoms. The molecule has 5 heteroatoms. The van der Waals surface area contributed by atoms with Crippen molar-refractivity contribution in [2.75, 3.05) is 14.2 Å². The number of aromatic hydroxyl groups is 1. The van der Waals surface area contributed by atoms with Crippen molar-refractivity contribution < 1.29 is 14.6 Å². The van der Waals surface area contributed by atoms with Crippen LogP contribution in [0, 0.1) is 0 Å². The predicted octanol–water partition coefficient (Wildman–Crippen LogP) is 2.38. The van der Waals surface area contributed by atoms with Gasteiger partial charge in [0, 0.05) is 18.8 Å². The number of benzene rings is 1. The second kappa shape index (κ2) is 7.02. The van der Waals surface area contributed by atoms with Crippen LogP contribution in [0.25, 0.3) is 0 Å². The number of rotatable bonds is 6. The zero-order chi connectivity index (χ0) is 16.1. The van der Waals surface area contributed by atoms with Gasteiger partial charge in [-0.1, -0.05) is 13.0 Å². The minimum Gasteiger partial charge on any atom is -0.503 e. The second-order valence-corrected chi connectivity index (χ2v) is 4.96. The van der Waals surface area contributed by atoms with E-state index in [1.54, 1.807) is 20.4 Å². The van der Waals surface area contributed by atoms with Gasteiger partial charge in [0.05, 0.1) is 19.9 Å². The van der Waals surface area contributed by atoms with Crippen molar-refractivity contribution in [3.8, 4) is 17.2 Å². The van der Waals surface area contributed by atoms with E-state index >= 15 is 0 Å². The van der Waals surface area contributed by atoms with Crippen LogP contribution in [0.15, 0.2) is 35.3 Å². The first-order chi connectivity index (χ1) is 10.6. The first-order valence-electron chi connectivity index (χ1n) is 7.22. The molecule has 1 N–H and O–H groups in total. The number of hydrogen-bond acceptors (Lipinski definition) is 4. The molecule has 2 aromatic rings. The average molecular weight is 303 g/mol. The number of aromatic nitrogens is 1. The third-order valence-electron chi connectivity index (χ3n) is 3.68. The summed E-state index contributed by atoms with van der Waals surface area (Å²) in [7, 11) is 3.21. The van der Waals surface area contributed by atoms with Gasteiger partial charge in [-0.15, -0.1) is 0 Å². The minimum absolute atomic E-state index is 0.155. The van der Waals surface area contributed by atoms with Crippen LogP contribution in [0.4, 0.5) is 0 Å². The summed E-state index contributed by atoms with van der Waals surface area (Å²) in [4.78, 5) is 11.5. The van der Waals surface area contributed by atoms with E-state index in [9.17, 15) is 9.90 Å². The Labute approximate surface area is 129 Å². The number of nitrogens with zero attached hydrogens (tertiary/aromatic N) is 1. The lowest BCUT2D eigenvalue weighted by atomic mass is 10.1. The summed E-state index contributed by atoms with van der Waals surface area (Å²) in [5.74, 6) is 1.23. The highest BCUT2D eigenvalue weighted by atomic mass is 16.5. The first kappa shape index (κ1) is 15.9. The second-order valence-electron chi connectivity index (χ2n) is 4.96. The molecule has 118 valence electrons. The lowest BCUT2D eigenvalue weighted by Gasteiger charge is -2.14. The van der Waals surface area contributed by atoms with Crippen LogP contribution in [0.1, 0.15) is 18.2 Å². The summed E-state index contributed by atoms with van der Waals surface area (Å²) in [6, 6.07) is 7.18. The molecule has 0 fully saturated rings. The summed E-state index contributed by atoms with van der Waals surface area (Å²) in [5, 5.41) is 9.86. The van der Waals surface area contributed by atoms with E-state index in [1.807, 2.05) is 29.7 Å². The largest absolute Gasteiger partial charge is 0.503 e. The Bertz CT molecular complexity index is 706. The fourth-order valence-corrected chi connectivity index (χ4v) is 2.47. The zero-order valence-corrected chi connectivity index (χ0v) is 13.1. The van der Waals surface area contributed by atoms with Crippen molar-refractivity contribution in [1.29, 1.82) is 0 Å². The first-order valence-corrected chi connectivity index (χ1v) is 7.22. The maximum atomic E-state index is 11.5. The SMILES string of the molecule is CCc1c(O)c(=O)ccn1CCc1ccc(OC)c(OC)c1. The number of aryl methyl sites for hydroxylation is 2. The molecular formula is C17H21NO4. The van der Waals surface area contributed by atoms with Crippen molar-refractivity contribution in [1.82, 2.24) is 4.57 Å². The Morgan fingerprint density at radius 1 is 1.14 bits per heavy atom. The van der Waals surface area contributed by atoms with Gasteiger partial charge >= 0.3 is 0 Å². The highest BCUT2D eigenvalue weighted by molar-refractivity contribution is 5.43. The molecule has 1 aromatic carbocycles. The maximum Gasteiger partial charge on any atom is 0.223 e. The van der Waals surface area contributed by atoms with Crippen molar-refractivity contribution >= 4 is 0 Å². The lowest BCUT2D eigenvalue weighted by Crippen LogP contribution is -2.13. The quantitative estimate of drug-likeness (QED) is 0.890. The molecule has 0 unspecified atom stereocenters. The molecule has 0 radical (unpaired) electrons. The van der Waals surface area contributed by atoms with Gasteiger partial charge < -0.3 is 19.1 Å². The van der Waals surface area contributed by atoms with Crippen LogP contribution in [0.2, 0.25) is 0 Å². The minimum atomic E-state index is -0.334. The van der Waals surface area contributed by atoms with E-state index in [0.29, 0.717) is 30.2 Å². The lowest BCUT2D eigenvalue weighted by molar-refractivity contribution is 0.354. The predicted molar refractivity (Wildman–Crippen MR) is 85.0 cm³/mol. The van der Waals surface area contributed by atoms with Gasteiger partial charge in [-0.25, -0.2) is 0 Å². The Kier molecular flexibility index (Phi) is 5.09. The number of methoxy groups -OCH3 is 2. The van der Waals surface area contributed by atoms with Crippen LogP contribution < -0.4 is 14.9 Å². The van der Waals surface area contributed by atoms with Crippen molar-refractivity contribution in [3.63, 3.8) is 0 Å². The van der Waals surface area contributed by atoms with Crippen molar-refractivity contribution in [3.05, 3.63) is 51.9 Å². The molecule has 0 bridgehead atoms. The smallest absolute Gasteiger partial charge is 0.223 e.